The summed E-state index contributed by atoms with van der Waals surface area (Å²) in [6, 6.07) is 15.6. The van der Waals surface area contributed by atoms with Gasteiger partial charge in [0.05, 0.1) is 0 Å². The van der Waals surface area contributed by atoms with E-state index in [0.29, 0.717) is 12.4 Å². The van der Waals surface area contributed by atoms with E-state index in [1.54, 1.807) is 0 Å². The summed E-state index contributed by atoms with van der Waals surface area (Å²) < 4.78 is 0. The Balaban J connectivity index is 1.79. The van der Waals surface area contributed by atoms with Crippen molar-refractivity contribution in [3.05, 3.63) is 65.2 Å². The molecule has 6 nitrogen and oxygen atoms in total. The summed E-state index contributed by atoms with van der Waals surface area (Å²) in [7, 11) is 0. The molecule has 2 aromatic carbocycles. The maximum atomic E-state index is 9.82. The highest BCUT2D eigenvalue weighted by molar-refractivity contribution is 5.65. The zero-order valence-electron chi connectivity index (χ0n) is 13.6. The predicted molar refractivity (Wildman–Crippen MR) is 93.3 cm³/mol. The van der Waals surface area contributed by atoms with E-state index in [9.17, 15) is 5.11 Å². The lowest BCUT2D eigenvalue weighted by Crippen LogP contribution is -2.22. The Kier molecular flexibility index (Phi) is 4.67. The fraction of sp³-hybridized carbons (Fsp3) is 0.167. The minimum atomic E-state index is -0.313. The molecule has 6 heteroatoms. The largest absolute Gasteiger partial charge is 0.479 e. The third-order valence-corrected chi connectivity index (χ3v) is 3.66. The first-order valence-corrected chi connectivity index (χ1v) is 7.68. The van der Waals surface area contributed by atoms with E-state index in [1.165, 1.54) is 0 Å². The molecular formula is C18H19N5O. The molecule has 0 atom stereocenters. The second-order valence-corrected chi connectivity index (χ2v) is 5.51. The lowest BCUT2D eigenvalue weighted by atomic mass is 10.0. The lowest BCUT2D eigenvalue weighted by molar-refractivity contribution is 0.429. The first-order chi connectivity index (χ1) is 11.6. The molecule has 3 rings (SSSR count). The first-order valence-electron chi connectivity index (χ1n) is 7.68. The van der Waals surface area contributed by atoms with E-state index in [4.69, 9.17) is 0 Å². The van der Waals surface area contributed by atoms with Crippen molar-refractivity contribution in [1.29, 1.82) is 0 Å². The Hall–Kier alpha value is -2.99. The molecule has 0 saturated heterocycles. The quantitative estimate of drug-likeness (QED) is 0.627. The number of aromatic hydroxyl groups is 1. The highest BCUT2D eigenvalue weighted by Crippen LogP contribution is 2.25. The summed E-state index contributed by atoms with van der Waals surface area (Å²) >= 11 is 0. The van der Waals surface area contributed by atoms with Gasteiger partial charge in [-0.2, -0.15) is 15.0 Å². The normalized spacial score (nSPS) is 10.6. The van der Waals surface area contributed by atoms with Crippen molar-refractivity contribution >= 4 is 5.95 Å². The van der Waals surface area contributed by atoms with Crippen LogP contribution >= 0.6 is 0 Å². The number of hydrazine groups is 1. The van der Waals surface area contributed by atoms with E-state index < -0.39 is 0 Å². The number of nitrogens with one attached hydrogen (secondary N) is 2. The Bertz CT molecular complexity index is 816. The predicted octanol–water partition coefficient (Wildman–Crippen LogP) is 2.98. The van der Waals surface area contributed by atoms with E-state index in [1.807, 2.05) is 62.4 Å². The standard InChI is InChI=1S/C18H19N5O/c1-12-7-6-8-13(2)15(12)16-20-17(22-18(24)21-16)23-19-11-14-9-4-3-5-10-14/h3-10,19H,11H2,1-2H3,(H2,20,21,22,23,24). The number of aryl methyl sites for hydroxylation is 2. The van der Waals surface area contributed by atoms with Crippen LogP contribution in [0.3, 0.4) is 0 Å². The van der Waals surface area contributed by atoms with Crippen molar-refractivity contribution in [3.63, 3.8) is 0 Å². The molecule has 0 bridgehead atoms. The Morgan fingerprint density at radius 3 is 2.29 bits per heavy atom. The number of nitrogens with zero attached hydrogens (tertiary/aromatic N) is 3. The summed E-state index contributed by atoms with van der Waals surface area (Å²) in [5.74, 6) is 0.721. The second-order valence-electron chi connectivity index (χ2n) is 5.51. The van der Waals surface area contributed by atoms with Crippen molar-refractivity contribution in [2.24, 2.45) is 0 Å². The van der Waals surface area contributed by atoms with Crippen molar-refractivity contribution in [3.8, 4) is 17.4 Å². The second kappa shape index (κ2) is 7.06. The van der Waals surface area contributed by atoms with Crippen LogP contribution < -0.4 is 10.9 Å². The van der Waals surface area contributed by atoms with Crippen LogP contribution in [0.4, 0.5) is 5.95 Å². The van der Waals surface area contributed by atoms with Gasteiger partial charge in [0.2, 0.25) is 5.95 Å². The minimum Gasteiger partial charge on any atom is -0.479 e. The van der Waals surface area contributed by atoms with Gasteiger partial charge in [0.25, 0.3) is 0 Å². The average Bonchev–Trinajstić information content (AvgIpc) is 2.55. The third kappa shape index (κ3) is 3.67. The van der Waals surface area contributed by atoms with E-state index in [0.717, 1.165) is 22.3 Å². The molecule has 1 aromatic heterocycles. The van der Waals surface area contributed by atoms with Gasteiger partial charge in [-0.1, -0.05) is 48.5 Å². The Morgan fingerprint density at radius 2 is 1.58 bits per heavy atom. The summed E-state index contributed by atoms with van der Waals surface area (Å²) in [4.78, 5) is 12.4. The van der Waals surface area contributed by atoms with Gasteiger partial charge in [-0.3, -0.25) is 5.43 Å². The van der Waals surface area contributed by atoms with Gasteiger partial charge in [0.1, 0.15) is 0 Å². The Morgan fingerprint density at radius 1 is 0.875 bits per heavy atom. The summed E-state index contributed by atoms with van der Waals surface area (Å²) in [6.07, 6.45) is 0. The number of anilines is 1. The zero-order valence-corrected chi connectivity index (χ0v) is 13.6. The molecular weight excluding hydrogens is 302 g/mol. The van der Waals surface area contributed by atoms with Crippen LogP contribution in [0.5, 0.6) is 6.01 Å². The third-order valence-electron chi connectivity index (χ3n) is 3.66. The molecule has 0 aliphatic heterocycles. The van der Waals surface area contributed by atoms with Crippen LogP contribution in [-0.2, 0) is 6.54 Å². The van der Waals surface area contributed by atoms with Gasteiger partial charge >= 0.3 is 6.01 Å². The van der Waals surface area contributed by atoms with Gasteiger partial charge < -0.3 is 5.11 Å². The highest BCUT2D eigenvalue weighted by atomic mass is 16.3. The minimum absolute atomic E-state index is 0.274. The van der Waals surface area contributed by atoms with E-state index in [2.05, 4.69) is 25.8 Å². The SMILES string of the molecule is Cc1cccc(C)c1-c1nc(O)nc(NNCc2ccccc2)n1. The van der Waals surface area contributed by atoms with Crippen LogP contribution in [-0.4, -0.2) is 20.1 Å². The van der Waals surface area contributed by atoms with Gasteiger partial charge in [0.15, 0.2) is 5.82 Å². The van der Waals surface area contributed by atoms with Crippen molar-refractivity contribution in [1.82, 2.24) is 20.4 Å². The van der Waals surface area contributed by atoms with Crippen molar-refractivity contribution in [2.45, 2.75) is 20.4 Å². The van der Waals surface area contributed by atoms with Crippen molar-refractivity contribution < 1.29 is 5.11 Å². The van der Waals surface area contributed by atoms with Crippen LogP contribution in [0.2, 0.25) is 0 Å². The van der Waals surface area contributed by atoms with E-state index in [-0.39, 0.29) is 12.0 Å². The number of benzene rings is 2. The van der Waals surface area contributed by atoms with E-state index >= 15 is 0 Å². The average molecular weight is 321 g/mol. The topological polar surface area (TPSA) is 83.0 Å². The number of rotatable bonds is 5. The van der Waals surface area contributed by atoms with Gasteiger partial charge in [-0.25, -0.2) is 5.43 Å². The molecule has 3 N–H and O–H groups in total. The summed E-state index contributed by atoms with van der Waals surface area (Å²) in [6.45, 7) is 4.58. The Labute approximate surface area is 140 Å². The van der Waals surface area contributed by atoms with Crippen LogP contribution in [0.15, 0.2) is 48.5 Å². The molecule has 0 saturated carbocycles. The number of hydrogen-bond donors (Lipinski definition) is 3. The molecule has 122 valence electrons. The maximum Gasteiger partial charge on any atom is 0.319 e. The molecule has 0 aliphatic rings. The molecule has 1 heterocycles. The van der Waals surface area contributed by atoms with Gasteiger partial charge in [0, 0.05) is 12.1 Å². The number of aromatic nitrogens is 3. The fourth-order valence-electron chi connectivity index (χ4n) is 2.52. The smallest absolute Gasteiger partial charge is 0.319 e. The molecule has 0 spiro atoms. The molecule has 3 aromatic rings. The zero-order chi connectivity index (χ0) is 16.9. The molecule has 0 amide bonds. The monoisotopic (exact) mass is 321 g/mol. The van der Waals surface area contributed by atoms with Gasteiger partial charge in [-0.15, -0.1) is 0 Å². The van der Waals surface area contributed by atoms with Crippen LogP contribution in [0, 0.1) is 13.8 Å². The molecule has 0 unspecified atom stereocenters. The van der Waals surface area contributed by atoms with Crippen molar-refractivity contribution in [2.75, 3.05) is 5.43 Å². The lowest BCUT2D eigenvalue weighted by Gasteiger charge is -2.11. The molecule has 0 fully saturated rings. The molecule has 0 aliphatic carbocycles. The highest BCUT2D eigenvalue weighted by Gasteiger charge is 2.12. The first kappa shape index (κ1) is 15.9. The molecule has 0 radical (unpaired) electrons. The summed E-state index contributed by atoms with van der Waals surface area (Å²) in [5, 5.41) is 9.82. The summed E-state index contributed by atoms with van der Waals surface area (Å²) in [5.41, 5.74) is 10.1. The van der Waals surface area contributed by atoms with Gasteiger partial charge in [-0.05, 0) is 30.5 Å². The van der Waals surface area contributed by atoms with Crippen LogP contribution in [0.25, 0.3) is 11.4 Å². The molecule has 24 heavy (non-hydrogen) atoms. The maximum absolute atomic E-state index is 9.82. The van der Waals surface area contributed by atoms with Crippen LogP contribution in [0.1, 0.15) is 16.7 Å². The fourth-order valence-corrected chi connectivity index (χ4v) is 2.52. The number of hydrogen-bond acceptors (Lipinski definition) is 6.